The first-order valence-electron chi connectivity index (χ1n) is 8.21. The number of carbonyl (C=O) groups is 1. The third-order valence-electron chi connectivity index (χ3n) is 4.87. The molecular weight excluding hydrogens is 260 g/mol. The molecule has 0 spiro atoms. The molecule has 2 rings (SSSR count). The largest absolute Gasteiger partial charge is 0.367 e. The second-order valence-electron chi connectivity index (χ2n) is 6.60. The maximum absolute atomic E-state index is 13.0. The molecule has 116 valence electrons. The van der Waals surface area contributed by atoms with Gasteiger partial charge in [0.05, 0.1) is 0 Å². The van der Waals surface area contributed by atoms with Gasteiger partial charge in [-0.25, -0.2) is 0 Å². The van der Waals surface area contributed by atoms with Crippen molar-refractivity contribution in [1.82, 2.24) is 0 Å². The molecule has 2 atom stereocenters. The highest BCUT2D eigenvalue weighted by Crippen LogP contribution is 2.37. The Balaban J connectivity index is 2.23. The van der Waals surface area contributed by atoms with E-state index in [9.17, 15) is 4.79 Å². The SMILES string of the molecule is CCOC1(C(=O)Cc2c(C)cccc2C)CCCC(C)C1. The van der Waals surface area contributed by atoms with Crippen LogP contribution >= 0.6 is 0 Å². The van der Waals surface area contributed by atoms with E-state index in [1.165, 1.54) is 23.1 Å². The molecule has 0 aromatic heterocycles. The maximum atomic E-state index is 13.0. The first kappa shape index (κ1) is 16.2. The minimum atomic E-state index is -0.541. The molecule has 0 bridgehead atoms. The van der Waals surface area contributed by atoms with Crippen LogP contribution in [-0.4, -0.2) is 18.0 Å². The average Bonchev–Trinajstić information content (AvgIpc) is 2.43. The normalized spacial score (nSPS) is 25.8. The maximum Gasteiger partial charge on any atom is 0.168 e. The molecule has 2 nitrogen and oxygen atoms in total. The molecular formula is C19H28O2. The van der Waals surface area contributed by atoms with Crippen molar-refractivity contribution in [2.24, 2.45) is 5.92 Å². The summed E-state index contributed by atoms with van der Waals surface area (Å²) in [6.45, 7) is 9.02. The number of benzene rings is 1. The highest BCUT2D eigenvalue weighted by Gasteiger charge is 2.42. The Kier molecular flexibility index (Phi) is 5.21. The molecule has 1 aromatic rings. The molecule has 0 aliphatic heterocycles. The fourth-order valence-corrected chi connectivity index (χ4v) is 3.69. The second-order valence-corrected chi connectivity index (χ2v) is 6.60. The van der Waals surface area contributed by atoms with Crippen molar-refractivity contribution in [3.63, 3.8) is 0 Å². The summed E-state index contributed by atoms with van der Waals surface area (Å²) >= 11 is 0. The van der Waals surface area contributed by atoms with Gasteiger partial charge >= 0.3 is 0 Å². The highest BCUT2D eigenvalue weighted by molar-refractivity contribution is 5.89. The van der Waals surface area contributed by atoms with Crippen molar-refractivity contribution in [3.8, 4) is 0 Å². The summed E-state index contributed by atoms with van der Waals surface area (Å²) in [6, 6.07) is 6.23. The molecule has 1 aromatic carbocycles. The van der Waals surface area contributed by atoms with Gasteiger partial charge in [0, 0.05) is 13.0 Å². The molecule has 0 radical (unpaired) electrons. The second kappa shape index (κ2) is 6.74. The molecule has 21 heavy (non-hydrogen) atoms. The van der Waals surface area contributed by atoms with Crippen LogP contribution in [0.1, 0.15) is 56.2 Å². The van der Waals surface area contributed by atoms with Gasteiger partial charge in [0.15, 0.2) is 5.78 Å². The number of rotatable bonds is 5. The lowest BCUT2D eigenvalue weighted by atomic mass is 9.74. The Bertz CT molecular complexity index is 482. The van der Waals surface area contributed by atoms with Crippen LogP contribution in [-0.2, 0) is 16.0 Å². The van der Waals surface area contributed by atoms with Crippen LogP contribution in [0.4, 0.5) is 0 Å². The summed E-state index contributed by atoms with van der Waals surface area (Å²) in [5.74, 6) is 0.848. The van der Waals surface area contributed by atoms with Crippen LogP contribution in [0, 0.1) is 19.8 Å². The van der Waals surface area contributed by atoms with E-state index in [0.29, 0.717) is 18.9 Å². The van der Waals surface area contributed by atoms with E-state index in [-0.39, 0.29) is 5.78 Å². The molecule has 1 aliphatic rings. The first-order chi connectivity index (χ1) is 9.98. The highest BCUT2D eigenvalue weighted by atomic mass is 16.5. The summed E-state index contributed by atoms with van der Waals surface area (Å²) in [7, 11) is 0. The zero-order valence-corrected chi connectivity index (χ0v) is 13.9. The van der Waals surface area contributed by atoms with Gasteiger partial charge in [-0.2, -0.15) is 0 Å². The number of carbonyl (C=O) groups excluding carboxylic acids is 1. The minimum Gasteiger partial charge on any atom is -0.367 e. The van der Waals surface area contributed by atoms with Gasteiger partial charge in [-0.05, 0) is 62.6 Å². The van der Waals surface area contributed by atoms with Gasteiger partial charge in [0.2, 0.25) is 0 Å². The van der Waals surface area contributed by atoms with Crippen LogP contribution in [0.15, 0.2) is 18.2 Å². The summed E-state index contributed by atoms with van der Waals surface area (Å²) in [4.78, 5) is 13.0. The summed E-state index contributed by atoms with van der Waals surface area (Å²) in [6.07, 6.45) is 4.58. The van der Waals surface area contributed by atoms with Crippen molar-refractivity contribution >= 4 is 5.78 Å². The summed E-state index contributed by atoms with van der Waals surface area (Å²) < 4.78 is 6.01. The predicted octanol–water partition coefficient (Wildman–Crippen LogP) is 4.40. The fourth-order valence-electron chi connectivity index (χ4n) is 3.69. The monoisotopic (exact) mass is 288 g/mol. The summed E-state index contributed by atoms with van der Waals surface area (Å²) in [5, 5.41) is 0. The zero-order chi connectivity index (χ0) is 15.5. The average molecular weight is 288 g/mol. The van der Waals surface area contributed by atoms with E-state index in [1.807, 2.05) is 6.92 Å². The molecule has 0 saturated heterocycles. The van der Waals surface area contributed by atoms with Crippen LogP contribution in [0.3, 0.4) is 0 Å². The molecule has 1 aliphatic carbocycles. The number of aryl methyl sites for hydroxylation is 2. The van der Waals surface area contributed by atoms with Gasteiger partial charge in [-0.3, -0.25) is 4.79 Å². The van der Waals surface area contributed by atoms with E-state index in [2.05, 4.69) is 39.0 Å². The Morgan fingerprint density at radius 3 is 2.57 bits per heavy atom. The minimum absolute atomic E-state index is 0.272. The third kappa shape index (κ3) is 3.55. The van der Waals surface area contributed by atoms with E-state index in [0.717, 1.165) is 19.3 Å². The Morgan fingerprint density at radius 1 is 1.33 bits per heavy atom. The lowest BCUT2D eigenvalue weighted by molar-refractivity contribution is -0.150. The van der Waals surface area contributed by atoms with Crippen LogP contribution in [0.5, 0.6) is 0 Å². The van der Waals surface area contributed by atoms with Crippen LogP contribution < -0.4 is 0 Å². The zero-order valence-electron chi connectivity index (χ0n) is 13.9. The van der Waals surface area contributed by atoms with Crippen LogP contribution in [0.25, 0.3) is 0 Å². The van der Waals surface area contributed by atoms with E-state index < -0.39 is 5.60 Å². The van der Waals surface area contributed by atoms with Crippen molar-refractivity contribution in [3.05, 3.63) is 34.9 Å². The summed E-state index contributed by atoms with van der Waals surface area (Å²) in [5.41, 5.74) is 3.05. The lowest BCUT2D eigenvalue weighted by Crippen LogP contribution is -2.46. The first-order valence-corrected chi connectivity index (χ1v) is 8.21. The van der Waals surface area contributed by atoms with Crippen molar-refractivity contribution in [1.29, 1.82) is 0 Å². The molecule has 0 amide bonds. The standard InChI is InChI=1S/C19H28O2/c1-5-21-19(11-7-8-14(2)13-19)18(20)12-17-15(3)9-6-10-16(17)4/h6,9-10,14H,5,7-8,11-13H2,1-4H3. The predicted molar refractivity (Wildman–Crippen MR) is 86.6 cm³/mol. The van der Waals surface area contributed by atoms with Gasteiger partial charge < -0.3 is 4.74 Å². The van der Waals surface area contributed by atoms with Gasteiger partial charge in [-0.1, -0.05) is 31.5 Å². The molecule has 1 fully saturated rings. The van der Waals surface area contributed by atoms with Crippen molar-refractivity contribution in [2.75, 3.05) is 6.61 Å². The molecule has 2 heteroatoms. The Morgan fingerprint density at radius 2 is 2.00 bits per heavy atom. The molecule has 2 unspecified atom stereocenters. The third-order valence-corrected chi connectivity index (χ3v) is 4.87. The van der Waals surface area contributed by atoms with E-state index >= 15 is 0 Å². The molecule has 0 N–H and O–H groups in total. The van der Waals surface area contributed by atoms with Crippen molar-refractivity contribution < 1.29 is 9.53 Å². The fraction of sp³-hybridized carbons (Fsp3) is 0.632. The number of hydrogen-bond acceptors (Lipinski definition) is 2. The smallest absolute Gasteiger partial charge is 0.168 e. The van der Waals surface area contributed by atoms with E-state index in [4.69, 9.17) is 4.74 Å². The lowest BCUT2D eigenvalue weighted by Gasteiger charge is -2.38. The molecule has 1 saturated carbocycles. The number of ketones is 1. The van der Waals surface area contributed by atoms with E-state index in [1.54, 1.807) is 0 Å². The van der Waals surface area contributed by atoms with Gasteiger partial charge in [-0.15, -0.1) is 0 Å². The quantitative estimate of drug-likeness (QED) is 0.802. The Labute approximate surface area is 128 Å². The molecule has 0 heterocycles. The number of ether oxygens (including phenoxy) is 1. The number of hydrogen-bond donors (Lipinski definition) is 0. The van der Waals surface area contributed by atoms with Crippen LogP contribution in [0.2, 0.25) is 0 Å². The van der Waals surface area contributed by atoms with Crippen molar-refractivity contribution in [2.45, 2.75) is 65.4 Å². The Hall–Kier alpha value is -1.15. The number of Topliss-reactive ketones (excluding diaryl/α,β-unsaturated/α-hetero) is 1. The van der Waals surface area contributed by atoms with Gasteiger partial charge in [0.25, 0.3) is 0 Å². The topological polar surface area (TPSA) is 26.3 Å². The van der Waals surface area contributed by atoms with Gasteiger partial charge in [0.1, 0.15) is 5.60 Å².